The lowest BCUT2D eigenvalue weighted by Gasteiger charge is -2.17. The molecule has 1 amide bonds. The molecule has 0 unspecified atom stereocenters. The molecule has 0 spiro atoms. The summed E-state index contributed by atoms with van der Waals surface area (Å²) in [6.07, 6.45) is 2.91. The number of aryl methyl sites for hydroxylation is 1. The van der Waals surface area contributed by atoms with Crippen molar-refractivity contribution in [2.75, 3.05) is 19.3 Å². The molecule has 9 heteroatoms. The SMILES string of the molecule is CCC[C@H]1CN(C(=O)c2n[nH]c(C)c2Cl)C[C@@H]1NS(C)(=O)=O. The van der Waals surface area contributed by atoms with Gasteiger partial charge >= 0.3 is 0 Å². The van der Waals surface area contributed by atoms with Crippen molar-refractivity contribution in [1.82, 2.24) is 19.8 Å². The molecule has 2 N–H and O–H groups in total. The molecule has 0 radical (unpaired) electrons. The third kappa shape index (κ3) is 3.80. The van der Waals surface area contributed by atoms with E-state index in [1.807, 2.05) is 6.92 Å². The van der Waals surface area contributed by atoms with E-state index < -0.39 is 10.0 Å². The summed E-state index contributed by atoms with van der Waals surface area (Å²) in [5.74, 6) is -0.171. The van der Waals surface area contributed by atoms with Gasteiger partial charge in [-0.1, -0.05) is 24.9 Å². The van der Waals surface area contributed by atoms with Crippen LogP contribution >= 0.6 is 11.6 Å². The van der Waals surface area contributed by atoms with E-state index in [-0.39, 0.29) is 23.6 Å². The van der Waals surface area contributed by atoms with E-state index >= 15 is 0 Å². The van der Waals surface area contributed by atoms with Gasteiger partial charge in [0.1, 0.15) is 0 Å². The van der Waals surface area contributed by atoms with E-state index in [9.17, 15) is 13.2 Å². The van der Waals surface area contributed by atoms with Crippen LogP contribution in [0.5, 0.6) is 0 Å². The normalized spacial score (nSPS) is 22.3. The number of H-pyrrole nitrogens is 1. The number of amides is 1. The molecule has 124 valence electrons. The highest BCUT2D eigenvalue weighted by atomic mass is 35.5. The van der Waals surface area contributed by atoms with Crippen molar-refractivity contribution < 1.29 is 13.2 Å². The monoisotopic (exact) mass is 348 g/mol. The number of likely N-dealkylation sites (tertiary alicyclic amines) is 1. The number of nitrogens with one attached hydrogen (secondary N) is 2. The molecule has 1 fully saturated rings. The summed E-state index contributed by atoms with van der Waals surface area (Å²) in [5.41, 5.74) is 0.828. The van der Waals surface area contributed by atoms with E-state index in [4.69, 9.17) is 11.6 Å². The second-order valence-corrected chi connectivity index (χ2v) is 7.92. The molecule has 2 heterocycles. The van der Waals surface area contributed by atoms with E-state index in [2.05, 4.69) is 14.9 Å². The molecule has 1 aliphatic rings. The molecule has 22 heavy (non-hydrogen) atoms. The average molecular weight is 349 g/mol. The summed E-state index contributed by atoms with van der Waals surface area (Å²) in [6.45, 7) is 4.61. The van der Waals surface area contributed by atoms with Gasteiger partial charge < -0.3 is 4.90 Å². The highest BCUT2D eigenvalue weighted by Crippen LogP contribution is 2.26. The van der Waals surface area contributed by atoms with Gasteiger partial charge in [0.25, 0.3) is 5.91 Å². The van der Waals surface area contributed by atoms with Crippen molar-refractivity contribution in [3.8, 4) is 0 Å². The van der Waals surface area contributed by atoms with Gasteiger partial charge in [-0.2, -0.15) is 5.10 Å². The van der Waals surface area contributed by atoms with Gasteiger partial charge in [-0.15, -0.1) is 0 Å². The first-order valence-corrected chi connectivity index (χ1v) is 9.47. The number of aromatic nitrogens is 2. The summed E-state index contributed by atoms with van der Waals surface area (Å²) in [7, 11) is -3.31. The number of halogens is 1. The van der Waals surface area contributed by atoms with Crippen LogP contribution < -0.4 is 4.72 Å². The lowest BCUT2D eigenvalue weighted by Crippen LogP contribution is -2.40. The Morgan fingerprint density at radius 2 is 2.18 bits per heavy atom. The molecule has 0 bridgehead atoms. The predicted octanol–water partition coefficient (Wildman–Crippen LogP) is 1.16. The minimum Gasteiger partial charge on any atom is -0.335 e. The van der Waals surface area contributed by atoms with Gasteiger partial charge in [0, 0.05) is 19.1 Å². The Morgan fingerprint density at radius 3 is 2.68 bits per heavy atom. The van der Waals surface area contributed by atoms with Gasteiger partial charge in [0.15, 0.2) is 5.69 Å². The van der Waals surface area contributed by atoms with Gasteiger partial charge in [0.2, 0.25) is 10.0 Å². The van der Waals surface area contributed by atoms with Crippen molar-refractivity contribution in [2.24, 2.45) is 5.92 Å². The van der Waals surface area contributed by atoms with Crippen LogP contribution in [0.25, 0.3) is 0 Å². The van der Waals surface area contributed by atoms with E-state index in [1.54, 1.807) is 11.8 Å². The second-order valence-electron chi connectivity index (χ2n) is 5.77. The fourth-order valence-electron chi connectivity index (χ4n) is 2.82. The lowest BCUT2D eigenvalue weighted by molar-refractivity contribution is 0.0779. The van der Waals surface area contributed by atoms with Crippen LogP contribution in [0.15, 0.2) is 0 Å². The van der Waals surface area contributed by atoms with Gasteiger partial charge in [0.05, 0.1) is 17.0 Å². The molecule has 1 aromatic rings. The van der Waals surface area contributed by atoms with Crippen LogP contribution in [0.4, 0.5) is 0 Å². The minimum atomic E-state index is -3.31. The highest BCUT2D eigenvalue weighted by Gasteiger charge is 2.37. The van der Waals surface area contributed by atoms with Crippen molar-refractivity contribution in [3.63, 3.8) is 0 Å². The second kappa shape index (κ2) is 6.55. The Bertz CT molecular complexity index is 658. The van der Waals surface area contributed by atoms with Crippen LogP contribution in [-0.2, 0) is 10.0 Å². The fraction of sp³-hybridized carbons (Fsp3) is 0.692. The first-order chi connectivity index (χ1) is 10.2. The maximum Gasteiger partial charge on any atom is 0.275 e. The fourth-order valence-corrected chi connectivity index (χ4v) is 3.80. The smallest absolute Gasteiger partial charge is 0.275 e. The Hall–Kier alpha value is -1.12. The highest BCUT2D eigenvalue weighted by molar-refractivity contribution is 7.88. The van der Waals surface area contributed by atoms with Gasteiger partial charge in [-0.05, 0) is 19.3 Å². The zero-order chi connectivity index (χ0) is 16.5. The van der Waals surface area contributed by atoms with Crippen LogP contribution in [0, 0.1) is 12.8 Å². The molecule has 1 aromatic heterocycles. The molecule has 0 aliphatic carbocycles. The standard InChI is InChI=1S/C13H21ClN4O3S/c1-4-5-9-6-18(7-10(9)17-22(3,20)21)13(19)12-11(14)8(2)15-16-12/h9-10,17H,4-7H2,1-3H3,(H,15,16)/t9-,10-/m0/s1. The number of hydrogen-bond acceptors (Lipinski definition) is 4. The summed E-state index contributed by atoms with van der Waals surface area (Å²) in [5, 5.41) is 6.95. The van der Waals surface area contributed by atoms with Crippen molar-refractivity contribution in [1.29, 1.82) is 0 Å². The largest absolute Gasteiger partial charge is 0.335 e. The molecular formula is C13H21ClN4O3S. The van der Waals surface area contributed by atoms with Crippen LogP contribution in [0.2, 0.25) is 5.02 Å². The van der Waals surface area contributed by atoms with Crippen LogP contribution in [0.1, 0.15) is 35.9 Å². The van der Waals surface area contributed by atoms with Gasteiger partial charge in [-0.25, -0.2) is 13.1 Å². The molecule has 0 saturated carbocycles. The first-order valence-electron chi connectivity index (χ1n) is 7.20. The summed E-state index contributed by atoms with van der Waals surface area (Å²) >= 11 is 6.07. The zero-order valence-corrected chi connectivity index (χ0v) is 14.5. The Labute approximate surface area is 135 Å². The van der Waals surface area contributed by atoms with Crippen LogP contribution in [-0.4, -0.2) is 54.8 Å². The molecule has 1 saturated heterocycles. The number of hydrogen-bond donors (Lipinski definition) is 2. The number of sulfonamides is 1. The third-order valence-electron chi connectivity index (χ3n) is 3.83. The topological polar surface area (TPSA) is 95.2 Å². The van der Waals surface area contributed by atoms with Crippen molar-refractivity contribution >= 4 is 27.5 Å². The minimum absolute atomic E-state index is 0.0995. The zero-order valence-electron chi connectivity index (χ0n) is 12.9. The molecule has 7 nitrogen and oxygen atoms in total. The molecule has 0 aromatic carbocycles. The van der Waals surface area contributed by atoms with E-state index in [1.165, 1.54) is 0 Å². The Morgan fingerprint density at radius 1 is 1.50 bits per heavy atom. The molecule has 2 rings (SSSR count). The Balaban J connectivity index is 2.16. The first kappa shape index (κ1) is 17.2. The third-order valence-corrected chi connectivity index (χ3v) is 5.02. The summed E-state index contributed by atoms with van der Waals surface area (Å²) in [6, 6.07) is -0.266. The van der Waals surface area contributed by atoms with Crippen molar-refractivity contribution in [3.05, 3.63) is 16.4 Å². The predicted molar refractivity (Wildman–Crippen MR) is 84.4 cm³/mol. The summed E-state index contributed by atoms with van der Waals surface area (Å²) < 4.78 is 25.6. The summed E-state index contributed by atoms with van der Waals surface area (Å²) in [4.78, 5) is 14.1. The average Bonchev–Trinajstić information content (AvgIpc) is 2.94. The number of rotatable bonds is 5. The van der Waals surface area contributed by atoms with Gasteiger partial charge in [-0.3, -0.25) is 9.89 Å². The van der Waals surface area contributed by atoms with E-state index in [0.717, 1.165) is 19.1 Å². The maximum atomic E-state index is 12.5. The molecular weight excluding hydrogens is 328 g/mol. The number of carbonyl (C=O) groups is 1. The number of carbonyl (C=O) groups excluding carboxylic acids is 1. The maximum absolute atomic E-state index is 12.5. The van der Waals surface area contributed by atoms with E-state index in [0.29, 0.717) is 23.8 Å². The lowest BCUT2D eigenvalue weighted by atomic mass is 9.99. The molecule has 1 aliphatic heterocycles. The number of aromatic amines is 1. The molecule has 2 atom stereocenters. The number of nitrogens with zero attached hydrogens (tertiary/aromatic N) is 2. The van der Waals surface area contributed by atoms with Crippen molar-refractivity contribution in [2.45, 2.75) is 32.7 Å². The Kier molecular flexibility index (Phi) is 5.14. The van der Waals surface area contributed by atoms with Crippen LogP contribution in [0.3, 0.4) is 0 Å². The quantitative estimate of drug-likeness (QED) is 0.834.